The Morgan fingerprint density at radius 2 is 1.97 bits per heavy atom. The van der Waals surface area contributed by atoms with Crippen molar-refractivity contribution in [3.05, 3.63) is 84.2 Å². The van der Waals surface area contributed by atoms with Crippen LogP contribution < -0.4 is 4.90 Å². The lowest BCUT2D eigenvalue weighted by Gasteiger charge is -2.26. The fraction of sp³-hybridized carbons (Fsp3) is 0.167. The highest BCUT2D eigenvalue weighted by Gasteiger charge is 2.30. The summed E-state index contributed by atoms with van der Waals surface area (Å²) in [6.45, 7) is 0.733. The number of H-pyrrole nitrogens is 1. The molecule has 1 N–H and O–H groups in total. The van der Waals surface area contributed by atoms with E-state index in [0.717, 1.165) is 59.1 Å². The summed E-state index contributed by atoms with van der Waals surface area (Å²) in [5.41, 5.74) is 4.07. The van der Waals surface area contributed by atoms with E-state index in [4.69, 9.17) is 5.10 Å². The molecule has 1 atom stereocenters. The van der Waals surface area contributed by atoms with E-state index >= 15 is 0 Å². The van der Waals surface area contributed by atoms with E-state index in [-0.39, 0.29) is 11.9 Å². The Balaban J connectivity index is 1.46. The summed E-state index contributed by atoms with van der Waals surface area (Å²) in [7, 11) is 0. The van der Waals surface area contributed by atoms with E-state index in [2.05, 4.69) is 20.9 Å². The third-order valence-corrected chi connectivity index (χ3v) is 6.08. The molecule has 154 valence electrons. The highest BCUT2D eigenvalue weighted by molar-refractivity contribution is 5.94. The van der Waals surface area contributed by atoms with Crippen molar-refractivity contribution in [1.82, 2.24) is 19.6 Å². The molecule has 0 aliphatic carbocycles. The van der Waals surface area contributed by atoms with Crippen molar-refractivity contribution in [2.75, 3.05) is 11.4 Å². The molecule has 0 spiro atoms. The molecule has 1 unspecified atom stereocenters. The molecule has 1 aliphatic rings. The normalized spacial score (nSPS) is 16.6. The van der Waals surface area contributed by atoms with Crippen LogP contribution in [0.1, 0.15) is 24.4 Å². The van der Waals surface area contributed by atoms with Gasteiger partial charge in [0, 0.05) is 34.8 Å². The summed E-state index contributed by atoms with van der Waals surface area (Å²) in [6.07, 6.45) is 5.37. The second kappa shape index (κ2) is 6.91. The SMILES string of the molecule is Fc1ccc(F)c(C2CCCN2c2ccc3ncc(-c4cccc5[nH]ccc45)n3n2)c1. The van der Waals surface area contributed by atoms with E-state index in [1.165, 1.54) is 12.1 Å². The second-order valence-corrected chi connectivity index (χ2v) is 7.87. The van der Waals surface area contributed by atoms with Gasteiger partial charge in [0.05, 0.1) is 17.9 Å². The van der Waals surface area contributed by atoms with Gasteiger partial charge in [-0.3, -0.25) is 0 Å². The summed E-state index contributed by atoms with van der Waals surface area (Å²) in [4.78, 5) is 9.81. The van der Waals surface area contributed by atoms with Gasteiger partial charge < -0.3 is 9.88 Å². The molecule has 0 bridgehead atoms. The van der Waals surface area contributed by atoms with Crippen molar-refractivity contribution >= 4 is 22.4 Å². The standard InChI is InChI=1S/C24H19F2N5/c25-15-6-7-19(26)18(13-15)21-5-2-12-30(21)24-9-8-23-28-14-22(31(23)29-24)17-3-1-4-20-16(17)10-11-27-20/h1,3-4,6-11,13-14,21,27H,2,5,12H2. The molecule has 31 heavy (non-hydrogen) atoms. The van der Waals surface area contributed by atoms with Gasteiger partial charge in [0.25, 0.3) is 0 Å². The van der Waals surface area contributed by atoms with Gasteiger partial charge in [-0.15, -0.1) is 5.10 Å². The van der Waals surface area contributed by atoms with Crippen molar-refractivity contribution in [2.24, 2.45) is 0 Å². The minimum atomic E-state index is -0.428. The van der Waals surface area contributed by atoms with Crippen molar-refractivity contribution in [3.8, 4) is 11.3 Å². The van der Waals surface area contributed by atoms with E-state index in [1.54, 1.807) is 0 Å². The number of imidazole rings is 1. The van der Waals surface area contributed by atoms with Crippen LogP contribution in [0.25, 0.3) is 27.8 Å². The molecule has 1 fully saturated rings. The predicted molar refractivity (Wildman–Crippen MR) is 116 cm³/mol. The van der Waals surface area contributed by atoms with Gasteiger partial charge in [0.2, 0.25) is 0 Å². The number of halogens is 2. The van der Waals surface area contributed by atoms with Gasteiger partial charge in [-0.05, 0) is 55.3 Å². The lowest BCUT2D eigenvalue weighted by Crippen LogP contribution is -2.25. The van der Waals surface area contributed by atoms with Gasteiger partial charge in [0.15, 0.2) is 5.65 Å². The Morgan fingerprint density at radius 1 is 1.03 bits per heavy atom. The number of aromatic nitrogens is 4. The zero-order chi connectivity index (χ0) is 20.9. The Labute approximate surface area is 177 Å². The maximum atomic E-state index is 14.5. The van der Waals surface area contributed by atoms with Crippen LogP contribution in [0.5, 0.6) is 0 Å². The average Bonchev–Trinajstić information content (AvgIpc) is 3.53. The summed E-state index contributed by atoms with van der Waals surface area (Å²) >= 11 is 0. The molecule has 0 amide bonds. The topological polar surface area (TPSA) is 49.2 Å². The Hall–Kier alpha value is -3.74. The minimum Gasteiger partial charge on any atom is -0.361 e. The van der Waals surface area contributed by atoms with E-state index < -0.39 is 5.82 Å². The van der Waals surface area contributed by atoms with Crippen LogP contribution in [0.15, 0.2) is 67.0 Å². The highest BCUT2D eigenvalue weighted by atomic mass is 19.1. The number of nitrogens with one attached hydrogen (secondary N) is 1. The maximum Gasteiger partial charge on any atom is 0.154 e. The molecule has 7 heteroatoms. The van der Waals surface area contributed by atoms with Crippen LogP contribution in [0, 0.1) is 11.6 Å². The second-order valence-electron chi connectivity index (χ2n) is 7.87. The van der Waals surface area contributed by atoms with Crippen LogP contribution in [-0.4, -0.2) is 26.1 Å². The molecular formula is C24H19F2N5. The number of fused-ring (bicyclic) bond motifs is 2. The first-order valence-corrected chi connectivity index (χ1v) is 10.3. The van der Waals surface area contributed by atoms with E-state index in [1.807, 2.05) is 47.2 Å². The third kappa shape index (κ3) is 2.88. The molecule has 5 nitrogen and oxygen atoms in total. The number of hydrogen-bond donors (Lipinski definition) is 1. The zero-order valence-corrected chi connectivity index (χ0v) is 16.6. The van der Waals surface area contributed by atoms with Gasteiger partial charge in [-0.1, -0.05) is 12.1 Å². The van der Waals surface area contributed by atoms with Crippen LogP contribution in [0.3, 0.4) is 0 Å². The molecule has 3 aromatic heterocycles. The fourth-order valence-electron chi connectivity index (χ4n) is 4.64. The molecule has 2 aromatic carbocycles. The average molecular weight is 415 g/mol. The van der Waals surface area contributed by atoms with Crippen molar-refractivity contribution in [2.45, 2.75) is 18.9 Å². The van der Waals surface area contributed by atoms with E-state index in [9.17, 15) is 8.78 Å². The smallest absolute Gasteiger partial charge is 0.154 e. The Kier molecular flexibility index (Phi) is 4.02. The van der Waals surface area contributed by atoms with Crippen LogP contribution in [0.2, 0.25) is 0 Å². The maximum absolute atomic E-state index is 14.5. The highest BCUT2D eigenvalue weighted by Crippen LogP contribution is 2.37. The number of anilines is 1. The first kappa shape index (κ1) is 18.1. The first-order valence-electron chi connectivity index (χ1n) is 10.3. The van der Waals surface area contributed by atoms with Gasteiger partial charge >= 0.3 is 0 Å². The van der Waals surface area contributed by atoms with Crippen molar-refractivity contribution in [3.63, 3.8) is 0 Å². The Morgan fingerprint density at radius 3 is 2.90 bits per heavy atom. The van der Waals surface area contributed by atoms with Crippen molar-refractivity contribution in [1.29, 1.82) is 0 Å². The summed E-state index contributed by atoms with van der Waals surface area (Å²) in [5.74, 6) is -0.0934. The number of hydrogen-bond acceptors (Lipinski definition) is 3. The number of benzene rings is 2. The van der Waals surface area contributed by atoms with E-state index in [0.29, 0.717) is 5.56 Å². The molecule has 4 heterocycles. The van der Waals surface area contributed by atoms with Crippen LogP contribution in [0.4, 0.5) is 14.6 Å². The molecule has 0 radical (unpaired) electrons. The molecule has 1 aliphatic heterocycles. The first-order chi connectivity index (χ1) is 15.2. The summed E-state index contributed by atoms with van der Waals surface area (Å²) in [5, 5.41) is 5.96. The predicted octanol–water partition coefficient (Wildman–Crippen LogP) is 5.50. The van der Waals surface area contributed by atoms with Crippen LogP contribution in [-0.2, 0) is 0 Å². The molecular weight excluding hydrogens is 396 g/mol. The molecule has 6 rings (SSSR count). The molecule has 1 saturated heterocycles. The largest absolute Gasteiger partial charge is 0.361 e. The lowest BCUT2D eigenvalue weighted by atomic mass is 10.0. The van der Waals surface area contributed by atoms with Crippen LogP contribution >= 0.6 is 0 Å². The molecule has 0 saturated carbocycles. The molecule has 5 aromatic rings. The lowest BCUT2D eigenvalue weighted by molar-refractivity contribution is 0.559. The van der Waals surface area contributed by atoms with Gasteiger partial charge in [-0.2, -0.15) is 0 Å². The minimum absolute atomic E-state index is 0.249. The Bertz CT molecular complexity index is 1420. The summed E-state index contributed by atoms with van der Waals surface area (Å²) in [6, 6.07) is 15.3. The summed E-state index contributed by atoms with van der Waals surface area (Å²) < 4.78 is 30.1. The van der Waals surface area contributed by atoms with Gasteiger partial charge in [-0.25, -0.2) is 18.3 Å². The third-order valence-electron chi connectivity index (χ3n) is 6.08. The quantitative estimate of drug-likeness (QED) is 0.423. The monoisotopic (exact) mass is 415 g/mol. The number of nitrogens with zero attached hydrogens (tertiary/aromatic N) is 4. The van der Waals surface area contributed by atoms with Crippen molar-refractivity contribution < 1.29 is 8.78 Å². The fourth-order valence-corrected chi connectivity index (χ4v) is 4.64. The van der Waals surface area contributed by atoms with Gasteiger partial charge in [0.1, 0.15) is 17.5 Å². The number of aromatic amines is 1. The number of rotatable bonds is 3. The zero-order valence-electron chi connectivity index (χ0n) is 16.6.